The normalized spacial score (nSPS) is 23.1. The third-order valence-corrected chi connectivity index (χ3v) is 7.15. The van der Waals surface area contributed by atoms with Crippen LogP contribution in [-0.2, 0) is 18.9 Å². The molecule has 0 aromatic heterocycles. The van der Waals surface area contributed by atoms with Gasteiger partial charge in [-0.15, -0.1) is 25.3 Å². The molecule has 0 bridgehead atoms. The SMILES string of the molecule is O=C(OC1CO[C@@H]2C(OC(=O)c3ccc4cc(S)ccc4c3)CO[C@H]12)c1ccc2cc(S)ccc2c1. The van der Waals surface area contributed by atoms with Gasteiger partial charge in [0.1, 0.15) is 12.2 Å². The Morgan fingerprint density at radius 1 is 0.611 bits per heavy atom. The largest absolute Gasteiger partial charge is 0.453 e. The van der Waals surface area contributed by atoms with Crippen molar-refractivity contribution in [3.05, 3.63) is 83.9 Å². The summed E-state index contributed by atoms with van der Waals surface area (Å²) in [7, 11) is 0. The van der Waals surface area contributed by atoms with Crippen molar-refractivity contribution in [3.8, 4) is 0 Å². The van der Waals surface area contributed by atoms with Crippen molar-refractivity contribution in [1.29, 1.82) is 0 Å². The van der Waals surface area contributed by atoms with Crippen LogP contribution in [0.1, 0.15) is 20.7 Å². The van der Waals surface area contributed by atoms with Gasteiger partial charge in [0.2, 0.25) is 0 Å². The predicted molar refractivity (Wildman–Crippen MR) is 140 cm³/mol. The molecular weight excluding hydrogens is 496 g/mol. The van der Waals surface area contributed by atoms with Crippen molar-refractivity contribution in [2.75, 3.05) is 13.2 Å². The number of carbonyl (C=O) groups excluding carboxylic acids is 2. The number of benzene rings is 4. The molecule has 0 spiro atoms. The first-order chi connectivity index (χ1) is 17.4. The number of rotatable bonds is 4. The zero-order chi connectivity index (χ0) is 24.8. The van der Waals surface area contributed by atoms with Crippen molar-refractivity contribution >= 4 is 58.7 Å². The summed E-state index contributed by atoms with van der Waals surface area (Å²) in [5, 5.41) is 3.83. The van der Waals surface area contributed by atoms with Crippen LogP contribution < -0.4 is 0 Å². The van der Waals surface area contributed by atoms with Crippen LogP contribution in [0.3, 0.4) is 0 Å². The Bertz CT molecular complexity index is 1390. The molecule has 0 amide bonds. The molecule has 6 rings (SSSR count). The van der Waals surface area contributed by atoms with Crippen LogP contribution in [-0.4, -0.2) is 49.6 Å². The fourth-order valence-corrected chi connectivity index (χ4v) is 5.19. The highest BCUT2D eigenvalue weighted by Gasteiger charge is 2.51. The molecule has 0 saturated carbocycles. The number of esters is 2. The molecule has 4 aromatic rings. The molecule has 4 aromatic carbocycles. The lowest BCUT2D eigenvalue weighted by molar-refractivity contribution is -0.0287. The Hall–Kier alpha value is -3.04. The maximum atomic E-state index is 12.8. The van der Waals surface area contributed by atoms with E-state index in [4.69, 9.17) is 18.9 Å². The highest BCUT2D eigenvalue weighted by molar-refractivity contribution is 7.80. The fourth-order valence-electron chi connectivity index (χ4n) is 4.76. The Balaban J connectivity index is 1.11. The highest BCUT2D eigenvalue weighted by Crippen LogP contribution is 2.32. The second kappa shape index (κ2) is 9.44. The van der Waals surface area contributed by atoms with Crippen molar-refractivity contribution in [1.82, 2.24) is 0 Å². The molecule has 8 heteroatoms. The standard InChI is InChI=1S/C28H22O6S2/c29-27(19-3-1-17-11-21(35)7-5-15(17)9-19)33-23-13-31-26-24(14-32-25(23)26)34-28(30)20-4-2-18-12-22(36)8-6-16(18)10-20/h1-12,23-26,35-36H,13-14H2/t23?,24?,25-,26-/m1/s1. The molecule has 2 saturated heterocycles. The molecule has 0 N–H and O–H groups in total. The molecular formula is C28H22O6S2. The summed E-state index contributed by atoms with van der Waals surface area (Å²) in [6, 6.07) is 22.2. The van der Waals surface area contributed by atoms with Gasteiger partial charge >= 0.3 is 11.9 Å². The topological polar surface area (TPSA) is 71.1 Å². The lowest BCUT2D eigenvalue weighted by Gasteiger charge is -2.17. The van der Waals surface area contributed by atoms with E-state index in [1.807, 2.05) is 48.5 Å². The summed E-state index contributed by atoms with van der Waals surface area (Å²) < 4.78 is 23.2. The van der Waals surface area contributed by atoms with Crippen LogP contribution in [0.2, 0.25) is 0 Å². The number of thiol groups is 2. The van der Waals surface area contributed by atoms with Crippen LogP contribution in [0, 0.1) is 0 Å². The zero-order valence-electron chi connectivity index (χ0n) is 19.0. The molecule has 2 heterocycles. The number of hydrogen-bond donors (Lipinski definition) is 2. The van der Waals surface area contributed by atoms with Gasteiger partial charge in [-0.2, -0.15) is 0 Å². The van der Waals surface area contributed by atoms with Gasteiger partial charge in [0.15, 0.2) is 12.2 Å². The van der Waals surface area contributed by atoms with E-state index >= 15 is 0 Å². The summed E-state index contributed by atoms with van der Waals surface area (Å²) in [4.78, 5) is 27.4. The second-order valence-corrected chi connectivity index (χ2v) is 10.0. The Morgan fingerprint density at radius 3 is 1.44 bits per heavy atom. The van der Waals surface area contributed by atoms with Gasteiger partial charge < -0.3 is 18.9 Å². The second-order valence-electron chi connectivity index (χ2n) is 8.98. The van der Waals surface area contributed by atoms with Crippen LogP contribution >= 0.6 is 25.3 Å². The molecule has 2 unspecified atom stereocenters. The molecule has 2 aliphatic heterocycles. The Labute approximate surface area is 218 Å². The quantitative estimate of drug-likeness (QED) is 0.289. The van der Waals surface area contributed by atoms with E-state index in [9.17, 15) is 9.59 Å². The van der Waals surface area contributed by atoms with E-state index in [0.717, 1.165) is 31.3 Å². The molecule has 0 aliphatic carbocycles. The number of fused-ring (bicyclic) bond motifs is 3. The van der Waals surface area contributed by atoms with Crippen LogP contribution in [0.5, 0.6) is 0 Å². The van der Waals surface area contributed by atoms with E-state index < -0.39 is 36.4 Å². The first-order valence-corrected chi connectivity index (χ1v) is 12.4. The van der Waals surface area contributed by atoms with Gasteiger partial charge in [-0.3, -0.25) is 0 Å². The smallest absolute Gasteiger partial charge is 0.338 e. The summed E-state index contributed by atoms with van der Waals surface area (Å²) in [5.41, 5.74) is 0.889. The molecule has 36 heavy (non-hydrogen) atoms. The Kier molecular flexibility index (Phi) is 6.13. The van der Waals surface area contributed by atoms with Gasteiger partial charge in [-0.05, 0) is 70.1 Å². The molecule has 2 fully saturated rings. The van der Waals surface area contributed by atoms with Crippen molar-refractivity contribution in [2.24, 2.45) is 0 Å². The van der Waals surface area contributed by atoms with Gasteiger partial charge in [-0.1, -0.05) is 24.3 Å². The minimum Gasteiger partial charge on any atom is -0.453 e. The van der Waals surface area contributed by atoms with Crippen LogP contribution in [0.4, 0.5) is 0 Å². The average molecular weight is 519 g/mol. The summed E-state index contributed by atoms with van der Waals surface area (Å²) in [6.07, 6.45) is -2.16. The zero-order valence-corrected chi connectivity index (χ0v) is 20.8. The van der Waals surface area contributed by atoms with E-state index in [1.165, 1.54) is 0 Å². The van der Waals surface area contributed by atoms with E-state index in [2.05, 4.69) is 25.3 Å². The molecule has 0 radical (unpaired) electrons. The summed E-state index contributed by atoms with van der Waals surface area (Å²) in [5.74, 6) is -0.906. The minimum absolute atomic E-state index is 0.174. The van der Waals surface area contributed by atoms with Crippen LogP contribution in [0.15, 0.2) is 82.6 Å². The molecule has 2 aliphatic rings. The molecule has 182 valence electrons. The van der Waals surface area contributed by atoms with Gasteiger partial charge in [0, 0.05) is 9.79 Å². The third-order valence-electron chi connectivity index (χ3n) is 6.60. The summed E-state index contributed by atoms with van der Waals surface area (Å²) in [6.45, 7) is 0.349. The minimum atomic E-state index is -0.585. The van der Waals surface area contributed by atoms with Gasteiger partial charge in [-0.25, -0.2) is 9.59 Å². The molecule has 6 nitrogen and oxygen atoms in total. The van der Waals surface area contributed by atoms with E-state index in [1.54, 1.807) is 24.3 Å². The van der Waals surface area contributed by atoms with Crippen LogP contribution in [0.25, 0.3) is 21.5 Å². The number of ether oxygens (including phenoxy) is 4. The average Bonchev–Trinajstić information content (AvgIpc) is 3.46. The van der Waals surface area contributed by atoms with Gasteiger partial charge in [0.25, 0.3) is 0 Å². The summed E-state index contributed by atoms with van der Waals surface area (Å²) >= 11 is 8.70. The van der Waals surface area contributed by atoms with Crippen molar-refractivity contribution in [3.63, 3.8) is 0 Å². The van der Waals surface area contributed by atoms with E-state index in [-0.39, 0.29) is 13.2 Å². The van der Waals surface area contributed by atoms with Gasteiger partial charge in [0.05, 0.1) is 24.3 Å². The predicted octanol–water partition coefficient (Wildman–Crippen LogP) is 5.12. The van der Waals surface area contributed by atoms with Crippen molar-refractivity contribution in [2.45, 2.75) is 34.2 Å². The maximum Gasteiger partial charge on any atom is 0.338 e. The Morgan fingerprint density at radius 2 is 1.00 bits per heavy atom. The highest BCUT2D eigenvalue weighted by atomic mass is 32.1. The van der Waals surface area contributed by atoms with Crippen molar-refractivity contribution < 1.29 is 28.5 Å². The maximum absolute atomic E-state index is 12.8. The third kappa shape index (κ3) is 4.46. The van der Waals surface area contributed by atoms with E-state index in [0.29, 0.717) is 11.1 Å². The first-order valence-electron chi connectivity index (χ1n) is 11.6. The fraction of sp³-hybridized carbons (Fsp3) is 0.214. The lowest BCUT2D eigenvalue weighted by atomic mass is 10.1. The number of carbonyl (C=O) groups is 2. The number of hydrogen-bond acceptors (Lipinski definition) is 8. The lowest BCUT2D eigenvalue weighted by Crippen LogP contribution is -2.36. The monoisotopic (exact) mass is 518 g/mol. The molecule has 4 atom stereocenters. The first kappa shape index (κ1) is 23.4.